The highest BCUT2D eigenvalue weighted by molar-refractivity contribution is 8.00. The van der Waals surface area contributed by atoms with Gasteiger partial charge in [0, 0.05) is 43.4 Å². The molecule has 1 aromatic carbocycles. The molecular formula is C18H22N4O2S2. The lowest BCUT2D eigenvalue weighted by Gasteiger charge is -2.34. The van der Waals surface area contributed by atoms with Crippen LogP contribution in [0.25, 0.3) is 0 Å². The van der Waals surface area contributed by atoms with Crippen LogP contribution in [-0.2, 0) is 9.59 Å². The largest absolute Gasteiger partial charge is 0.345 e. The Kier molecular flexibility index (Phi) is 6.51. The number of thioether (sulfide) groups is 1. The number of nitrogens with one attached hydrogen (secondary N) is 1. The molecule has 0 aliphatic carbocycles. The fourth-order valence-corrected chi connectivity index (χ4v) is 4.09. The van der Waals surface area contributed by atoms with Crippen molar-refractivity contribution < 1.29 is 9.59 Å². The number of nitrogens with zero attached hydrogens (tertiary/aromatic N) is 3. The van der Waals surface area contributed by atoms with Gasteiger partial charge in [-0.1, -0.05) is 17.7 Å². The molecule has 0 atom stereocenters. The van der Waals surface area contributed by atoms with Crippen LogP contribution in [0.5, 0.6) is 0 Å². The van der Waals surface area contributed by atoms with Gasteiger partial charge in [-0.3, -0.25) is 9.59 Å². The van der Waals surface area contributed by atoms with E-state index in [0.29, 0.717) is 18.8 Å². The quantitative estimate of drug-likeness (QED) is 0.821. The van der Waals surface area contributed by atoms with Gasteiger partial charge in [0.15, 0.2) is 5.13 Å². The summed E-state index contributed by atoms with van der Waals surface area (Å²) in [6, 6.07) is 7.67. The predicted octanol–water partition coefficient (Wildman–Crippen LogP) is 2.47. The third-order valence-corrected chi connectivity index (χ3v) is 5.87. The van der Waals surface area contributed by atoms with Crippen LogP contribution in [0.3, 0.4) is 0 Å². The molecule has 0 spiro atoms. The van der Waals surface area contributed by atoms with Gasteiger partial charge in [0.2, 0.25) is 11.8 Å². The van der Waals surface area contributed by atoms with Crippen molar-refractivity contribution in [2.45, 2.75) is 6.92 Å². The molecule has 0 radical (unpaired) electrons. The summed E-state index contributed by atoms with van der Waals surface area (Å²) in [4.78, 5) is 32.7. The molecule has 0 saturated carbocycles. The van der Waals surface area contributed by atoms with Gasteiger partial charge >= 0.3 is 0 Å². The number of benzene rings is 1. The SMILES string of the molecule is Cc1ccc(NC(=O)CSCC(=O)N2CCN(c3nccs3)CC2)cc1. The number of rotatable bonds is 6. The maximum Gasteiger partial charge on any atom is 0.234 e. The fourth-order valence-electron chi connectivity index (χ4n) is 2.68. The van der Waals surface area contributed by atoms with Crippen molar-refractivity contribution in [1.82, 2.24) is 9.88 Å². The molecule has 2 heterocycles. The zero-order valence-corrected chi connectivity index (χ0v) is 16.3. The van der Waals surface area contributed by atoms with Crippen molar-refractivity contribution in [3.63, 3.8) is 0 Å². The first kappa shape index (κ1) is 18.7. The topological polar surface area (TPSA) is 65.5 Å². The molecule has 1 aliphatic heterocycles. The highest BCUT2D eigenvalue weighted by Crippen LogP contribution is 2.19. The Hall–Kier alpha value is -2.06. The zero-order valence-electron chi connectivity index (χ0n) is 14.7. The Balaban J connectivity index is 1.35. The lowest BCUT2D eigenvalue weighted by molar-refractivity contribution is -0.128. The number of hydrogen-bond donors (Lipinski definition) is 1. The molecule has 8 heteroatoms. The average molecular weight is 391 g/mol. The smallest absolute Gasteiger partial charge is 0.234 e. The summed E-state index contributed by atoms with van der Waals surface area (Å²) < 4.78 is 0. The van der Waals surface area contributed by atoms with E-state index in [1.165, 1.54) is 11.8 Å². The first-order chi connectivity index (χ1) is 12.6. The average Bonchev–Trinajstić information content (AvgIpc) is 3.18. The third-order valence-electron chi connectivity index (χ3n) is 4.12. The first-order valence-corrected chi connectivity index (χ1v) is 10.5. The summed E-state index contributed by atoms with van der Waals surface area (Å²) in [5.74, 6) is 0.620. The lowest BCUT2D eigenvalue weighted by atomic mass is 10.2. The number of hydrogen-bond acceptors (Lipinski definition) is 6. The summed E-state index contributed by atoms with van der Waals surface area (Å²) in [6.07, 6.45) is 1.80. The number of thiazole rings is 1. The van der Waals surface area contributed by atoms with Crippen molar-refractivity contribution in [3.05, 3.63) is 41.4 Å². The van der Waals surface area contributed by atoms with Crippen molar-refractivity contribution in [2.24, 2.45) is 0 Å². The van der Waals surface area contributed by atoms with Crippen molar-refractivity contribution in [2.75, 3.05) is 47.9 Å². The van der Waals surface area contributed by atoms with Crippen LogP contribution in [0.15, 0.2) is 35.8 Å². The van der Waals surface area contributed by atoms with Crippen LogP contribution in [0.4, 0.5) is 10.8 Å². The van der Waals surface area contributed by atoms with E-state index in [2.05, 4.69) is 15.2 Å². The molecule has 0 unspecified atom stereocenters. The standard InChI is InChI=1S/C18H22N4O2S2/c1-14-2-4-15(5-3-14)20-16(23)12-25-13-17(24)21-7-9-22(10-8-21)18-19-6-11-26-18/h2-6,11H,7-10,12-13H2,1H3,(H,20,23). The van der Waals surface area contributed by atoms with Crippen molar-refractivity contribution in [3.8, 4) is 0 Å². The molecule has 2 aromatic rings. The van der Waals surface area contributed by atoms with Gasteiger partial charge in [-0.25, -0.2) is 4.98 Å². The van der Waals surface area contributed by atoms with E-state index in [-0.39, 0.29) is 17.6 Å². The molecule has 1 fully saturated rings. The van der Waals surface area contributed by atoms with E-state index in [4.69, 9.17) is 0 Å². The summed E-state index contributed by atoms with van der Waals surface area (Å²) in [5.41, 5.74) is 1.93. The van der Waals surface area contributed by atoms with Crippen LogP contribution in [-0.4, -0.2) is 59.4 Å². The molecule has 26 heavy (non-hydrogen) atoms. The van der Waals surface area contributed by atoms with E-state index in [0.717, 1.165) is 29.5 Å². The van der Waals surface area contributed by atoms with Crippen molar-refractivity contribution in [1.29, 1.82) is 0 Å². The number of anilines is 2. The molecule has 1 aromatic heterocycles. The number of aromatic nitrogens is 1. The normalized spacial score (nSPS) is 14.3. The maximum atomic E-state index is 12.3. The number of carbonyl (C=O) groups is 2. The Morgan fingerprint density at radius 1 is 1.15 bits per heavy atom. The Morgan fingerprint density at radius 3 is 2.54 bits per heavy atom. The molecule has 1 N–H and O–H groups in total. The van der Waals surface area contributed by atoms with Crippen LogP contribution in [0.2, 0.25) is 0 Å². The van der Waals surface area contributed by atoms with E-state index in [1.54, 1.807) is 17.5 Å². The van der Waals surface area contributed by atoms with Gasteiger partial charge < -0.3 is 15.1 Å². The van der Waals surface area contributed by atoms with E-state index < -0.39 is 0 Å². The van der Waals surface area contributed by atoms with Crippen LogP contribution in [0, 0.1) is 6.92 Å². The maximum absolute atomic E-state index is 12.3. The minimum Gasteiger partial charge on any atom is -0.345 e. The van der Waals surface area contributed by atoms with Gasteiger partial charge in [-0.2, -0.15) is 0 Å². The van der Waals surface area contributed by atoms with E-state index in [1.807, 2.05) is 41.5 Å². The molecule has 138 valence electrons. The molecule has 1 saturated heterocycles. The lowest BCUT2D eigenvalue weighted by Crippen LogP contribution is -2.49. The summed E-state index contributed by atoms with van der Waals surface area (Å²) >= 11 is 2.98. The molecule has 3 rings (SSSR count). The molecule has 6 nitrogen and oxygen atoms in total. The minimum absolute atomic E-state index is 0.0831. The van der Waals surface area contributed by atoms with Gasteiger partial charge in [-0.15, -0.1) is 23.1 Å². The minimum atomic E-state index is -0.0831. The first-order valence-electron chi connectivity index (χ1n) is 8.48. The van der Waals surface area contributed by atoms with Gasteiger partial charge in [0.1, 0.15) is 0 Å². The Morgan fingerprint density at radius 2 is 1.88 bits per heavy atom. The second-order valence-corrected chi connectivity index (χ2v) is 7.95. The highest BCUT2D eigenvalue weighted by atomic mass is 32.2. The summed E-state index contributed by atoms with van der Waals surface area (Å²) in [7, 11) is 0. The Labute approximate surface area is 161 Å². The third kappa shape index (κ3) is 5.22. The van der Waals surface area contributed by atoms with Gasteiger partial charge in [0.05, 0.1) is 11.5 Å². The summed E-state index contributed by atoms with van der Waals surface area (Å²) in [5, 5.41) is 5.82. The molecule has 2 amide bonds. The van der Waals surface area contributed by atoms with Crippen LogP contribution >= 0.6 is 23.1 Å². The van der Waals surface area contributed by atoms with Gasteiger partial charge in [0.25, 0.3) is 0 Å². The Bertz CT molecular complexity index is 726. The molecule has 1 aliphatic rings. The molecular weight excluding hydrogens is 368 g/mol. The molecule has 0 bridgehead atoms. The predicted molar refractivity (Wildman–Crippen MR) is 108 cm³/mol. The highest BCUT2D eigenvalue weighted by Gasteiger charge is 2.22. The summed E-state index contributed by atoms with van der Waals surface area (Å²) in [6.45, 7) is 5.02. The number of aryl methyl sites for hydroxylation is 1. The fraction of sp³-hybridized carbons (Fsp3) is 0.389. The zero-order chi connectivity index (χ0) is 18.4. The monoisotopic (exact) mass is 390 g/mol. The van der Waals surface area contributed by atoms with E-state index in [9.17, 15) is 9.59 Å². The number of amides is 2. The van der Waals surface area contributed by atoms with Crippen molar-refractivity contribution >= 4 is 45.7 Å². The van der Waals surface area contributed by atoms with E-state index >= 15 is 0 Å². The number of carbonyl (C=O) groups excluding carboxylic acids is 2. The van der Waals surface area contributed by atoms with Gasteiger partial charge in [-0.05, 0) is 19.1 Å². The van der Waals surface area contributed by atoms with Crippen LogP contribution in [0.1, 0.15) is 5.56 Å². The van der Waals surface area contributed by atoms with Crippen LogP contribution < -0.4 is 10.2 Å². The second kappa shape index (κ2) is 9.05. The second-order valence-electron chi connectivity index (χ2n) is 6.09. The number of piperazine rings is 1.